The first kappa shape index (κ1) is 5.69. The lowest BCUT2D eigenvalue weighted by Gasteiger charge is -2.44. The highest BCUT2D eigenvalue weighted by molar-refractivity contribution is 5.03. The number of fused-ring (bicyclic) bond motifs is 1. The molecule has 2 aliphatic rings. The SMILES string of the molecule is C[C@@]12CCO[C@@H]1[C@@H](O)C2. The molecule has 3 atom stereocenters. The van der Waals surface area contributed by atoms with Crippen molar-refractivity contribution in [3.05, 3.63) is 0 Å². The Morgan fingerprint density at radius 2 is 2.44 bits per heavy atom. The summed E-state index contributed by atoms with van der Waals surface area (Å²) in [4.78, 5) is 0. The molecule has 2 nitrogen and oxygen atoms in total. The minimum absolute atomic E-state index is 0.164. The highest BCUT2D eigenvalue weighted by Gasteiger charge is 2.53. The Labute approximate surface area is 54.8 Å². The molecule has 52 valence electrons. The largest absolute Gasteiger partial charge is 0.390 e. The van der Waals surface area contributed by atoms with Crippen LogP contribution >= 0.6 is 0 Å². The molecule has 0 spiro atoms. The van der Waals surface area contributed by atoms with Crippen molar-refractivity contribution in [3.8, 4) is 0 Å². The van der Waals surface area contributed by atoms with Crippen molar-refractivity contribution in [2.24, 2.45) is 5.41 Å². The van der Waals surface area contributed by atoms with Crippen LogP contribution in [0, 0.1) is 5.41 Å². The molecule has 0 amide bonds. The average molecular weight is 128 g/mol. The maximum atomic E-state index is 9.16. The van der Waals surface area contributed by atoms with E-state index in [1.807, 2.05) is 0 Å². The maximum Gasteiger partial charge on any atom is 0.0889 e. The summed E-state index contributed by atoms with van der Waals surface area (Å²) >= 11 is 0. The Morgan fingerprint density at radius 3 is 2.89 bits per heavy atom. The van der Waals surface area contributed by atoms with Gasteiger partial charge in [-0.3, -0.25) is 0 Å². The lowest BCUT2D eigenvalue weighted by Crippen LogP contribution is -2.51. The zero-order valence-electron chi connectivity index (χ0n) is 5.63. The quantitative estimate of drug-likeness (QED) is 0.516. The van der Waals surface area contributed by atoms with Crippen molar-refractivity contribution in [1.82, 2.24) is 0 Å². The van der Waals surface area contributed by atoms with E-state index in [1.165, 1.54) is 0 Å². The third kappa shape index (κ3) is 0.578. The fourth-order valence-electron chi connectivity index (χ4n) is 1.98. The van der Waals surface area contributed by atoms with Crippen LogP contribution in [0.2, 0.25) is 0 Å². The zero-order chi connectivity index (χ0) is 6.48. The second-order valence-electron chi connectivity index (χ2n) is 3.47. The summed E-state index contributed by atoms with van der Waals surface area (Å²) in [5, 5.41) is 9.16. The summed E-state index contributed by atoms with van der Waals surface area (Å²) in [6, 6.07) is 0. The van der Waals surface area contributed by atoms with Crippen LogP contribution in [0.3, 0.4) is 0 Å². The van der Waals surface area contributed by atoms with E-state index in [0.717, 1.165) is 19.4 Å². The van der Waals surface area contributed by atoms with Crippen molar-refractivity contribution in [2.45, 2.75) is 32.0 Å². The number of hydrogen-bond donors (Lipinski definition) is 1. The van der Waals surface area contributed by atoms with Crippen molar-refractivity contribution in [2.75, 3.05) is 6.61 Å². The Hall–Kier alpha value is -0.0800. The highest BCUT2D eigenvalue weighted by atomic mass is 16.5. The van der Waals surface area contributed by atoms with E-state index in [4.69, 9.17) is 9.84 Å². The van der Waals surface area contributed by atoms with Gasteiger partial charge in [0.2, 0.25) is 0 Å². The van der Waals surface area contributed by atoms with Crippen LogP contribution in [0.15, 0.2) is 0 Å². The summed E-state index contributed by atoms with van der Waals surface area (Å²) in [5.41, 5.74) is 0.333. The first-order valence-electron chi connectivity index (χ1n) is 3.52. The smallest absolute Gasteiger partial charge is 0.0889 e. The molecule has 1 heterocycles. The third-order valence-electron chi connectivity index (χ3n) is 2.68. The van der Waals surface area contributed by atoms with Gasteiger partial charge in [-0.15, -0.1) is 0 Å². The van der Waals surface area contributed by atoms with E-state index in [-0.39, 0.29) is 12.2 Å². The molecule has 2 rings (SSSR count). The van der Waals surface area contributed by atoms with Crippen molar-refractivity contribution in [3.63, 3.8) is 0 Å². The number of ether oxygens (including phenoxy) is 1. The van der Waals surface area contributed by atoms with Crippen LogP contribution in [0.5, 0.6) is 0 Å². The third-order valence-corrected chi connectivity index (χ3v) is 2.68. The van der Waals surface area contributed by atoms with Gasteiger partial charge in [-0.2, -0.15) is 0 Å². The maximum absolute atomic E-state index is 9.16. The molecular formula is C7H12O2. The van der Waals surface area contributed by atoms with Crippen molar-refractivity contribution < 1.29 is 9.84 Å². The molecule has 0 radical (unpaired) electrons. The zero-order valence-corrected chi connectivity index (χ0v) is 5.63. The van der Waals surface area contributed by atoms with Gasteiger partial charge >= 0.3 is 0 Å². The van der Waals surface area contributed by atoms with E-state index in [1.54, 1.807) is 0 Å². The second-order valence-corrected chi connectivity index (χ2v) is 3.47. The fraction of sp³-hybridized carbons (Fsp3) is 1.00. The number of hydrogen-bond acceptors (Lipinski definition) is 2. The van der Waals surface area contributed by atoms with Gasteiger partial charge < -0.3 is 9.84 Å². The predicted octanol–water partition coefficient (Wildman–Crippen LogP) is 0.546. The number of aliphatic hydroxyl groups is 1. The van der Waals surface area contributed by atoms with E-state index in [2.05, 4.69) is 6.92 Å². The van der Waals surface area contributed by atoms with Gasteiger partial charge in [0.15, 0.2) is 0 Å². The molecule has 1 saturated heterocycles. The highest BCUT2D eigenvalue weighted by Crippen LogP contribution is 2.49. The van der Waals surface area contributed by atoms with Crippen molar-refractivity contribution >= 4 is 0 Å². The van der Waals surface area contributed by atoms with Gasteiger partial charge in [0.25, 0.3) is 0 Å². The minimum Gasteiger partial charge on any atom is -0.390 e. The molecule has 1 saturated carbocycles. The average Bonchev–Trinajstić information content (AvgIpc) is 2.06. The molecule has 0 unspecified atom stereocenters. The topological polar surface area (TPSA) is 29.5 Å². The molecule has 1 N–H and O–H groups in total. The Balaban J connectivity index is 2.13. The molecule has 0 aromatic rings. The first-order chi connectivity index (χ1) is 4.22. The van der Waals surface area contributed by atoms with Gasteiger partial charge in [-0.1, -0.05) is 6.92 Å². The Morgan fingerprint density at radius 1 is 1.67 bits per heavy atom. The van der Waals surface area contributed by atoms with Gasteiger partial charge in [0.05, 0.1) is 12.2 Å². The van der Waals surface area contributed by atoms with Gasteiger partial charge in [-0.25, -0.2) is 0 Å². The van der Waals surface area contributed by atoms with E-state index in [0.29, 0.717) is 5.41 Å². The van der Waals surface area contributed by atoms with Crippen LogP contribution in [-0.2, 0) is 4.74 Å². The van der Waals surface area contributed by atoms with Crippen molar-refractivity contribution in [1.29, 1.82) is 0 Å². The standard InChI is InChI=1S/C7H12O2/c1-7-2-3-9-6(7)5(8)4-7/h5-6,8H,2-4H2,1H3/t5-,6+,7-/m0/s1. The summed E-state index contributed by atoms with van der Waals surface area (Å²) in [7, 11) is 0. The molecule has 0 bridgehead atoms. The Bertz CT molecular complexity index is 135. The molecular weight excluding hydrogens is 116 g/mol. The lowest BCUT2D eigenvalue weighted by molar-refractivity contribution is -0.130. The monoisotopic (exact) mass is 128 g/mol. The summed E-state index contributed by atoms with van der Waals surface area (Å²) in [5.74, 6) is 0. The normalized spacial score (nSPS) is 56.7. The summed E-state index contributed by atoms with van der Waals surface area (Å²) < 4.78 is 5.32. The number of rotatable bonds is 0. The van der Waals surface area contributed by atoms with Crippen LogP contribution < -0.4 is 0 Å². The van der Waals surface area contributed by atoms with Gasteiger partial charge in [0, 0.05) is 12.0 Å². The molecule has 9 heavy (non-hydrogen) atoms. The fourth-order valence-corrected chi connectivity index (χ4v) is 1.98. The predicted molar refractivity (Wildman–Crippen MR) is 33.1 cm³/mol. The molecule has 1 aliphatic heterocycles. The molecule has 0 aromatic heterocycles. The van der Waals surface area contributed by atoms with Crippen LogP contribution in [0.4, 0.5) is 0 Å². The Kier molecular flexibility index (Phi) is 0.945. The second kappa shape index (κ2) is 1.50. The lowest BCUT2D eigenvalue weighted by atomic mass is 9.65. The van der Waals surface area contributed by atoms with Crippen LogP contribution in [-0.4, -0.2) is 23.9 Å². The molecule has 1 aliphatic carbocycles. The van der Waals surface area contributed by atoms with Gasteiger partial charge in [0.1, 0.15) is 0 Å². The first-order valence-corrected chi connectivity index (χ1v) is 3.52. The molecule has 0 aromatic carbocycles. The minimum atomic E-state index is -0.169. The van der Waals surface area contributed by atoms with Gasteiger partial charge in [-0.05, 0) is 12.8 Å². The molecule has 2 heteroatoms. The van der Waals surface area contributed by atoms with E-state index >= 15 is 0 Å². The summed E-state index contributed by atoms with van der Waals surface area (Å²) in [6.45, 7) is 3.04. The van der Waals surface area contributed by atoms with E-state index in [9.17, 15) is 0 Å². The van der Waals surface area contributed by atoms with Crippen LogP contribution in [0.25, 0.3) is 0 Å². The number of aliphatic hydroxyl groups excluding tert-OH is 1. The van der Waals surface area contributed by atoms with Crippen LogP contribution in [0.1, 0.15) is 19.8 Å². The molecule has 2 fully saturated rings. The van der Waals surface area contributed by atoms with E-state index < -0.39 is 0 Å². The summed E-state index contributed by atoms with van der Waals surface area (Å²) in [6.07, 6.45) is 2.07.